The van der Waals surface area contributed by atoms with Crippen molar-refractivity contribution in [1.29, 1.82) is 0 Å². The topological polar surface area (TPSA) is 80.4 Å². The third-order valence-electron chi connectivity index (χ3n) is 2.03. The fraction of sp³-hybridized carbons (Fsp3) is 0.750. The molecule has 0 saturated heterocycles. The molecular weight excluding hydrogens is 190 g/mol. The zero-order valence-electron chi connectivity index (χ0n) is 7.23. The molecule has 74 valence electrons. The number of carbonyl (C=O) groups excluding carboxylic acids is 1. The van der Waals surface area contributed by atoms with Gasteiger partial charge in [0.1, 0.15) is 11.8 Å². The third kappa shape index (κ3) is 3.36. The molecular formula is C8H13NO3S. The largest absolute Gasteiger partial charge is 0.480 e. The SMILES string of the molecule is NC(CSC1CCC(=O)C1)C(=O)O. The van der Waals surface area contributed by atoms with Gasteiger partial charge in [-0.25, -0.2) is 0 Å². The Balaban J connectivity index is 2.19. The van der Waals surface area contributed by atoms with Crippen LogP contribution in [0.4, 0.5) is 0 Å². The Morgan fingerprint density at radius 2 is 2.46 bits per heavy atom. The third-order valence-corrected chi connectivity index (χ3v) is 3.45. The van der Waals surface area contributed by atoms with Crippen molar-refractivity contribution >= 4 is 23.5 Å². The van der Waals surface area contributed by atoms with Crippen LogP contribution in [0.5, 0.6) is 0 Å². The molecule has 1 aliphatic carbocycles. The van der Waals surface area contributed by atoms with Gasteiger partial charge in [-0.2, -0.15) is 11.8 Å². The van der Waals surface area contributed by atoms with E-state index >= 15 is 0 Å². The quantitative estimate of drug-likeness (QED) is 0.684. The number of rotatable bonds is 4. The maximum atomic E-state index is 10.9. The Morgan fingerprint density at radius 1 is 1.77 bits per heavy atom. The zero-order valence-corrected chi connectivity index (χ0v) is 8.05. The second-order valence-corrected chi connectivity index (χ2v) is 4.51. The van der Waals surface area contributed by atoms with Gasteiger partial charge in [-0.05, 0) is 6.42 Å². The Hall–Kier alpha value is -0.550. The summed E-state index contributed by atoms with van der Waals surface area (Å²) in [5.74, 6) is -0.300. The van der Waals surface area contributed by atoms with Crippen LogP contribution in [0, 0.1) is 0 Å². The van der Waals surface area contributed by atoms with Crippen molar-refractivity contribution in [3.8, 4) is 0 Å². The fourth-order valence-corrected chi connectivity index (χ4v) is 2.44. The molecule has 1 saturated carbocycles. The van der Waals surface area contributed by atoms with Crippen molar-refractivity contribution in [1.82, 2.24) is 0 Å². The van der Waals surface area contributed by atoms with E-state index in [1.54, 1.807) is 0 Å². The molecule has 0 heterocycles. The van der Waals surface area contributed by atoms with Crippen molar-refractivity contribution < 1.29 is 14.7 Å². The van der Waals surface area contributed by atoms with Crippen LogP contribution in [0.2, 0.25) is 0 Å². The second-order valence-electron chi connectivity index (χ2n) is 3.18. The van der Waals surface area contributed by atoms with E-state index in [4.69, 9.17) is 10.8 Å². The summed E-state index contributed by atoms with van der Waals surface area (Å²) in [6.07, 6.45) is 2.09. The number of carbonyl (C=O) groups is 2. The number of hydrogen-bond donors (Lipinski definition) is 2. The van der Waals surface area contributed by atoms with Gasteiger partial charge in [0, 0.05) is 23.8 Å². The Labute approximate surface area is 80.9 Å². The first-order valence-corrected chi connectivity index (χ1v) is 5.26. The summed E-state index contributed by atoms with van der Waals surface area (Å²) < 4.78 is 0. The summed E-state index contributed by atoms with van der Waals surface area (Å²) in [4.78, 5) is 21.2. The van der Waals surface area contributed by atoms with Crippen LogP contribution in [0.3, 0.4) is 0 Å². The number of hydrogen-bond acceptors (Lipinski definition) is 4. The van der Waals surface area contributed by atoms with Gasteiger partial charge in [0.05, 0.1) is 0 Å². The van der Waals surface area contributed by atoms with Gasteiger partial charge in [0.15, 0.2) is 0 Å². The van der Waals surface area contributed by atoms with Crippen LogP contribution in [-0.2, 0) is 9.59 Å². The highest BCUT2D eigenvalue weighted by atomic mass is 32.2. The van der Waals surface area contributed by atoms with E-state index in [9.17, 15) is 9.59 Å². The van der Waals surface area contributed by atoms with Crippen LogP contribution in [0.1, 0.15) is 19.3 Å². The van der Waals surface area contributed by atoms with E-state index in [1.807, 2.05) is 0 Å². The summed E-state index contributed by atoms with van der Waals surface area (Å²) in [5.41, 5.74) is 5.32. The van der Waals surface area contributed by atoms with Crippen molar-refractivity contribution in [2.75, 3.05) is 5.75 Å². The summed E-state index contributed by atoms with van der Waals surface area (Å²) in [6, 6.07) is -0.805. The van der Waals surface area contributed by atoms with Gasteiger partial charge in [-0.1, -0.05) is 0 Å². The molecule has 0 bridgehead atoms. The maximum Gasteiger partial charge on any atom is 0.321 e. The molecule has 1 rings (SSSR count). The minimum Gasteiger partial charge on any atom is -0.480 e. The number of carboxylic acid groups (broad SMARTS) is 1. The average molecular weight is 203 g/mol. The van der Waals surface area contributed by atoms with Crippen LogP contribution in [-0.4, -0.2) is 33.9 Å². The molecule has 3 N–H and O–H groups in total. The molecule has 13 heavy (non-hydrogen) atoms. The molecule has 5 heteroatoms. The van der Waals surface area contributed by atoms with Crippen LogP contribution in [0.25, 0.3) is 0 Å². The molecule has 0 amide bonds. The van der Waals surface area contributed by atoms with Crippen LogP contribution in [0.15, 0.2) is 0 Å². The number of Topliss-reactive ketones (excluding diaryl/α,β-unsaturated/α-hetero) is 1. The Bertz CT molecular complexity index is 219. The monoisotopic (exact) mass is 203 g/mol. The van der Waals surface area contributed by atoms with E-state index in [2.05, 4.69) is 0 Å². The first kappa shape index (κ1) is 10.5. The molecule has 0 spiro atoms. The molecule has 4 nitrogen and oxygen atoms in total. The van der Waals surface area contributed by atoms with Crippen molar-refractivity contribution in [3.05, 3.63) is 0 Å². The highest BCUT2D eigenvalue weighted by molar-refractivity contribution is 8.00. The lowest BCUT2D eigenvalue weighted by Crippen LogP contribution is -2.33. The van der Waals surface area contributed by atoms with Crippen molar-refractivity contribution in [3.63, 3.8) is 0 Å². The van der Waals surface area contributed by atoms with E-state index < -0.39 is 12.0 Å². The van der Waals surface area contributed by atoms with E-state index in [-0.39, 0.29) is 11.0 Å². The van der Waals surface area contributed by atoms with Gasteiger partial charge in [0.25, 0.3) is 0 Å². The first-order valence-electron chi connectivity index (χ1n) is 4.21. The average Bonchev–Trinajstić information content (AvgIpc) is 2.47. The minimum absolute atomic E-state index is 0.279. The van der Waals surface area contributed by atoms with E-state index in [0.717, 1.165) is 6.42 Å². The molecule has 2 atom stereocenters. The maximum absolute atomic E-state index is 10.9. The van der Waals surface area contributed by atoms with Crippen LogP contribution >= 0.6 is 11.8 Å². The number of ketones is 1. The lowest BCUT2D eigenvalue weighted by atomic mass is 10.4. The van der Waals surface area contributed by atoms with Gasteiger partial charge in [-0.3, -0.25) is 9.59 Å². The second kappa shape index (κ2) is 4.62. The number of nitrogens with two attached hydrogens (primary N) is 1. The molecule has 0 aromatic rings. The van der Waals surface area contributed by atoms with Gasteiger partial charge in [0.2, 0.25) is 0 Å². The predicted octanol–water partition coefficient (Wildman–Crippen LogP) is 0.253. The smallest absolute Gasteiger partial charge is 0.321 e. The minimum atomic E-state index is -0.975. The molecule has 0 aliphatic heterocycles. The Morgan fingerprint density at radius 3 is 2.92 bits per heavy atom. The van der Waals surface area contributed by atoms with Gasteiger partial charge < -0.3 is 10.8 Å². The van der Waals surface area contributed by atoms with E-state index in [1.165, 1.54) is 11.8 Å². The standard InChI is InChI=1S/C8H13NO3S/c9-7(8(11)12)4-13-6-2-1-5(10)3-6/h6-7H,1-4,9H2,(H,11,12). The van der Waals surface area contributed by atoms with Gasteiger partial charge in [-0.15, -0.1) is 0 Å². The molecule has 1 fully saturated rings. The summed E-state index contributed by atoms with van der Waals surface area (Å²) >= 11 is 1.50. The molecule has 0 aromatic heterocycles. The molecule has 2 unspecified atom stereocenters. The highest BCUT2D eigenvalue weighted by Crippen LogP contribution is 2.27. The molecule has 1 aliphatic rings. The van der Waals surface area contributed by atoms with E-state index in [0.29, 0.717) is 18.6 Å². The number of aliphatic carboxylic acids is 1. The lowest BCUT2D eigenvalue weighted by Gasteiger charge is -2.09. The van der Waals surface area contributed by atoms with Gasteiger partial charge >= 0.3 is 5.97 Å². The zero-order chi connectivity index (χ0) is 9.84. The van der Waals surface area contributed by atoms with Crippen LogP contribution < -0.4 is 5.73 Å². The molecule has 0 radical (unpaired) electrons. The normalized spacial score (nSPS) is 24.7. The fourth-order valence-electron chi connectivity index (χ4n) is 1.23. The lowest BCUT2D eigenvalue weighted by molar-refractivity contribution is -0.137. The van der Waals surface area contributed by atoms with Crippen molar-refractivity contribution in [2.24, 2.45) is 5.73 Å². The molecule has 0 aromatic carbocycles. The highest BCUT2D eigenvalue weighted by Gasteiger charge is 2.23. The Kier molecular flexibility index (Phi) is 3.74. The number of carboxylic acids is 1. The first-order chi connectivity index (χ1) is 6.09. The summed E-state index contributed by atoms with van der Waals surface area (Å²) in [6.45, 7) is 0. The predicted molar refractivity (Wildman–Crippen MR) is 50.7 cm³/mol. The summed E-state index contributed by atoms with van der Waals surface area (Å²) in [7, 11) is 0. The van der Waals surface area contributed by atoms with Crippen molar-refractivity contribution in [2.45, 2.75) is 30.6 Å². The summed E-state index contributed by atoms with van der Waals surface area (Å²) in [5, 5.41) is 8.79. The number of thioether (sulfide) groups is 1.